The molecule has 0 aliphatic carbocycles. The number of thioether (sulfide) groups is 1. The van der Waals surface area contributed by atoms with Crippen molar-refractivity contribution in [2.75, 3.05) is 7.05 Å². The van der Waals surface area contributed by atoms with E-state index in [0.29, 0.717) is 28.8 Å². The molecule has 1 aromatic heterocycles. The largest absolute Gasteiger partial charge is 0.337 e. The molecule has 2 rings (SSSR count). The van der Waals surface area contributed by atoms with Crippen molar-refractivity contribution in [3.8, 4) is 0 Å². The molecular weight excluding hydrogens is 312 g/mol. The van der Waals surface area contributed by atoms with Gasteiger partial charge in [0.15, 0.2) is 0 Å². The second kappa shape index (κ2) is 7.04. The van der Waals surface area contributed by atoms with Gasteiger partial charge in [0.05, 0.1) is 6.54 Å². The third-order valence-electron chi connectivity index (χ3n) is 3.02. The SMILES string of the molecule is Cc1ccsc1CN(C)C(=O)c1ccc(SC(F)F)cc1. The first kappa shape index (κ1) is 16.0. The molecule has 0 bridgehead atoms. The Morgan fingerprint density at radius 1 is 1.29 bits per heavy atom. The van der Waals surface area contributed by atoms with Crippen LogP contribution in [0, 0.1) is 6.92 Å². The van der Waals surface area contributed by atoms with Crippen molar-refractivity contribution < 1.29 is 13.6 Å². The highest BCUT2D eigenvalue weighted by Crippen LogP contribution is 2.25. The topological polar surface area (TPSA) is 20.3 Å². The molecule has 0 spiro atoms. The van der Waals surface area contributed by atoms with Crippen LogP contribution in [-0.4, -0.2) is 23.6 Å². The Labute approximate surface area is 130 Å². The van der Waals surface area contributed by atoms with E-state index >= 15 is 0 Å². The van der Waals surface area contributed by atoms with Gasteiger partial charge in [0.2, 0.25) is 0 Å². The molecule has 2 aromatic rings. The number of benzene rings is 1. The molecule has 6 heteroatoms. The van der Waals surface area contributed by atoms with Crippen molar-refractivity contribution in [3.05, 3.63) is 51.7 Å². The maximum Gasteiger partial charge on any atom is 0.288 e. The lowest BCUT2D eigenvalue weighted by atomic mass is 10.2. The maximum atomic E-state index is 12.3. The van der Waals surface area contributed by atoms with Gasteiger partial charge >= 0.3 is 0 Å². The molecule has 0 fully saturated rings. The van der Waals surface area contributed by atoms with Crippen molar-refractivity contribution in [1.29, 1.82) is 0 Å². The first-order valence-corrected chi connectivity index (χ1v) is 8.06. The summed E-state index contributed by atoms with van der Waals surface area (Å²) in [5, 5.41) is 2.00. The van der Waals surface area contributed by atoms with E-state index in [9.17, 15) is 13.6 Å². The fourth-order valence-electron chi connectivity index (χ4n) is 1.85. The van der Waals surface area contributed by atoms with Crippen LogP contribution in [0.25, 0.3) is 0 Å². The van der Waals surface area contributed by atoms with Gasteiger partial charge in [-0.05, 0) is 48.2 Å². The van der Waals surface area contributed by atoms with Crippen LogP contribution in [0.5, 0.6) is 0 Å². The number of amides is 1. The number of hydrogen-bond donors (Lipinski definition) is 0. The van der Waals surface area contributed by atoms with Crippen molar-refractivity contribution in [1.82, 2.24) is 4.90 Å². The monoisotopic (exact) mass is 327 g/mol. The molecule has 0 N–H and O–H groups in total. The summed E-state index contributed by atoms with van der Waals surface area (Å²) >= 11 is 2.10. The molecule has 1 heterocycles. The second-order valence-electron chi connectivity index (χ2n) is 4.59. The van der Waals surface area contributed by atoms with Crippen LogP contribution in [0.1, 0.15) is 20.8 Å². The van der Waals surface area contributed by atoms with Gasteiger partial charge in [-0.25, -0.2) is 0 Å². The molecule has 0 saturated heterocycles. The highest BCUT2D eigenvalue weighted by molar-refractivity contribution is 7.99. The highest BCUT2D eigenvalue weighted by atomic mass is 32.2. The zero-order chi connectivity index (χ0) is 15.4. The predicted octanol–water partition coefficient (Wildman–Crippen LogP) is 4.64. The molecule has 1 amide bonds. The van der Waals surface area contributed by atoms with Crippen LogP contribution < -0.4 is 0 Å². The second-order valence-corrected chi connectivity index (χ2v) is 6.66. The van der Waals surface area contributed by atoms with Gasteiger partial charge in [0.1, 0.15) is 0 Å². The van der Waals surface area contributed by atoms with Crippen LogP contribution in [0.15, 0.2) is 40.6 Å². The molecule has 0 radical (unpaired) electrons. The quantitative estimate of drug-likeness (QED) is 0.746. The number of aryl methyl sites for hydroxylation is 1. The minimum absolute atomic E-state index is 0.114. The lowest BCUT2D eigenvalue weighted by Crippen LogP contribution is -2.26. The van der Waals surface area contributed by atoms with E-state index in [0.717, 1.165) is 4.88 Å². The van der Waals surface area contributed by atoms with Gasteiger partial charge in [-0.15, -0.1) is 11.3 Å². The summed E-state index contributed by atoms with van der Waals surface area (Å²) in [4.78, 5) is 15.5. The highest BCUT2D eigenvalue weighted by Gasteiger charge is 2.14. The molecule has 2 nitrogen and oxygen atoms in total. The van der Waals surface area contributed by atoms with E-state index in [4.69, 9.17) is 0 Å². The number of halogens is 2. The normalized spacial score (nSPS) is 10.9. The average Bonchev–Trinajstić information content (AvgIpc) is 2.83. The van der Waals surface area contributed by atoms with Crippen LogP contribution in [0.2, 0.25) is 0 Å². The van der Waals surface area contributed by atoms with Crippen LogP contribution in [0.3, 0.4) is 0 Å². The Balaban J connectivity index is 2.03. The molecule has 0 aliphatic heterocycles. The van der Waals surface area contributed by atoms with Gasteiger partial charge in [0, 0.05) is 22.4 Å². The van der Waals surface area contributed by atoms with Crippen molar-refractivity contribution in [2.45, 2.75) is 24.1 Å². The molecule has 0 saturated carbocycles. The lowest BCUT2D eigenvalue weighted by molar-refractivity contribution is 0.0786. The van der Waals surface area contributed by atoms with E-state index in [2.05, 4.69) is 0 Å². The van der Waals surface area contributed by atoms with Crippen LogP contribution >= 0.6 is 23.1 Å². The van der Waals surface area contributed by atoms with Crippen LogP contribution in [-0.2, 0) is 6.54 Å². The standard InChI is InChI=1S/C15H15F2NOS2/c1-10-7-8-20-13(10)9-18(2)14(19)11-3-5-12(6-4-11)21-15(16)17/h3-8,15H,9H2,1-2H3. The first-order chi connectivity index (χ1) is 9.97. The molecule has 21 heavy (non-hydrogen) atoms. The molecule has 0 aliphatic rings. The number of rotatable bonds is 5. The first-order valence-electron chi connectivity index (χ1n) is 6.30. The van der Waals surface area contributed by atoms with E-state index in [-0.39, 0.29) is 5.91 Å². The third-order valence-corrected chi connectivity index (χ3v) is 4.75. The fraction of sp³-hybridized carbons (Fsp3) is 0.267. The molecule has 0 unspecified atom stereocenters. The van der Waals surface area contributed by atoms with Gasteiger partial charge < -0.3 is 4.90 Å². The molecule has 1 aromatic carbocycles. The summed E-state index contributed by atoms with van der Waals surface area (Å²) in [5.74, 6) is -2.56. The number of alkyl halides is 2. The minimum atomic E-state index is -2.45. The average molecular weight is 327 g/mol. The number of hydrogen-bond acceptors (Lipinski definition) is 3. The smallest absolute Gasteiger partial charge is 0.288 e. The summed E-state index contributed by atoms with van der Waals surface area (Å²) < 4.78 is 24.5. The fourth-order valence-corrected chi connectivity index (χ4v) is 3.31. The minimum Gasteiger partial charge on any atom is -0.337 e. The summed E-state index contributed by atoms with van der Waals surface area (Å²) in [6, 6.07) is 8.30. The molecular formula is C15H15F2NOS2. The third kappa shape index (κ3) is 4.28. The van der Waals surface area contributed by atoms with E-state index in [1.54, 1.807) is 47.5 Å². The maximum absolute atomic E-state index is 12.3. The summed E-state index contributed by atoms with van der Waals surface area (Å²) in [7, 11) is 1.74. The number of nitrogens with zero attached hydrogens (tertiary/aromatic N) is 1. The molecule has 112 valence electrons. The van der Waals surface area contributed by atoms with Gasteiger partial charge in [-0.2, -0.15) is 8.78 Å². The zero-order valence-corrected chi connectivity index (χ0v) is 13.3. The Hall–Kier alpha value is -1.40. The Morgan fingerprint density at radius 3 is 2.48 bits per heavy atom. The van der Waals surface area contributed by atoms with Crippen LogP contribution in [0.4, 0.5) is 8.78 Å². The number of thiophene rings is 1. The zero-order valence-electron chi connectivity index (χ0n) is 11.7. The van der Waals surface area contributed by atoms with E-state index < -0.39 is 5.76 Å². The van der Waals surface area contributed by atoms with Gasteiger partial charge in [-0.1, -0.05) is 11.8 Å². The summed E-state index contributed by atoms with van der Waals surface area (Å²) in [5.41, 5.74) is 1.67. The predicted molar refractivity (Wildman–Crippen MR) is 83.2 cm³/mol. The lowest BCUT2D eigenvalue weighted by Gasteiger charge is -2.17. The number of carbonyl (C=O) groups is 1. The van der Waals surface area contributed by atoms with E-state index in [1.807, 2.05) is 18.4 Å². The van der Waals surface area contributed by atoms with Crippen molar-refractivity contribution >= 4 is 29.0 Å². The van der Waals surface area contributed by atoms with Gasteiger partial charge in [-0.3, -0.25) is 4.79 Å². The Bertz CT molecular complexity index is 610. The summed E-state index contributed by atoms with van der Waals surface area (Å²) in [6.45, 7) is 2.57. The Morgan fingerprint density at radius 2 is 1.95 bits per heavy atom. The van der Waals surface area contributed by atoms with E-state index in [1.165, 1.54) is 5.56 Å². The van der Waals surface area contributed by atoms with Gasteiger partial charge in [0.25, 0.3) is 11.7 Å². The summed E-state index contributed by atoms with van der Waals surface area (Å²) in [6.07, 6.45) is 0. The Kier molecular flexibility index (Phi) is 5.36. The van der Waals surface area contributed by atoms with Crippen molar-refractivity contribution in [2.24, 2.45) is 0 Å². The van der Waals surface area contributed by atoms with Crippen molar-refractivity contribution in [3.63, 3.8) is 0 Å². The number of carbonyl (C=O) groups excluding carboxylic acids is 1. The molecule has 0 atom stereocenters.